The van der Waals surface area contributed by atoms with E-state index in [9.17, 15) is 4.79 Å². The first-order valence-corrected chi connectivity index (χ1v) is 7.64. The first kappa shape index (κ1) is 14.0. The minimum Gasteiger partial charge on any atom is -0.354 e. The predicted octanol–water partition coefficient (Wildman–Crippen LogP) is 3.53. The van der Waals surface area contributed by atoms with E-state index >= 15 is 0 Å². The molecule has 0 aliphatic carbocycles. The molecule has 3 nitrogen and oxygen atoms in total. The maximum absolute atomic E-state index is 11.6. The summed E-state index contributed by atoms with van der Waals surface area (Å²) >= 11 is 1.72. The van der Waals surface area contributed by atoms with Gasteiger partial charge in [-0.3, -0.25) is 4.79 Å². The van der Waals surface area contributed by atoms with Gasteiger partial charge in [-0.25, -0.2) is 4.98 Å². The number of rotatable bonds is 6. The van der Waals surface area contributed by atoms with Crippen molar-refractivity contribution < 1.29 is 4.79 Å². The monoisotopic (exact) mass is 276 g/mol. The van der Waals surface area contributed by atoms with E-state index in [0.717, 1.165) is 29.8 Å². The van der Waals surface area contributed by atoms with E-state index in [-0.39, 0.29) is 11.9 Å². The highest BCUT2D eigenvalue weighted by Gasteiger charge is 2.07. The largest absolute Gasteiger partial charge is 0.354 e. The molecule has 4 heteroatoms. The van der Waals surface area contributed by atoms with Crippen molar-refractivity contribution in [2.45, 2.75) is 45.6 Å². The van der Waals surface area contributed by atoms with Gasteiger partial charge in [-0.15, -0.1) is 11.3 Å². The third kappa shape index (κ3) is 4.03. The minimum atomic E-state index is 0.149. The maximum Gasteiger partial charge on any atom is 0.220 e. The second-order valence-corrected chi connectivity index (χ2v) is 5.92. The fourth-order valence-corrected chi connectivity index (χ4v) is 2.89. The van der Waals surface area contributed by atoms with E-state index in [4.69, 9.17) is 0 Å². The van der Waals surface area contributed by atoms with Gasteiger partial charge in [-0.1, -0.05) is 19.1 Å². The van der Waals surface area contributed by atoms with Crippen molar-refractivity contribution in [3.63, 3.8) is 0 Å². The molecule has 0 fully saturated rings. The number of amides is 1. The summed E-state index contributed by atoms with van der Waals surface area (Å²) in [5.74, 6) is 0.149. The standard InChI is InChI=1S/C15H20N2OS/c1-3-11(2)16-14(18)9-6-10-15-17-12-7-4-5-8-13(12)19-15/h4-5,7-8,11H,3,6,9-10H2,1-2H3,(H,16,18). The molecule has 0 spiro atoms. The molecule has 1 N–H and O–H groups in total. The number of carbonyl (C=O) groups is 1. The van der Waals surface area contributed by atoms with Crippen LogP contribution in [0, 0.1) is 0 Å². The molecule has 0 aliphatic heterocycles. The average molecular weight is 276 g/mol. The molecule has 0 aliphatic rings. The highest BCUT2D eigenvalue weighted by molar-refractivity contribution is 7.18. The Morgan fingerprint density at radius 3 is 2.95 bits per heavy atom. The van der Waals surface area contributed by atoms with Gasteiger partial charge in [-0.05, 0) is 38.3 Å². The second-order valence-electron chi connectivity index (χ2n) is 4.81. The number of benzene rings is 1. The third-order valence-corrected chi connectivity index (χ3v) is 4.25. The summed E-state index contributed by atoms with van der Waals surface area (Å²) in [6.07, 6.45) is 3.30. The van der Waals surface area contributed by atoms with Crippen LogP contribution in [0.4, 0.5) is 0 Å². The van der Waals surface area contributed by atoms with Crippen LogP contribution in [0.25, 0.3) is 10.2 Å². The van der Waals surface area contributed by atoms with Crippen LogP contribution < -0.4 is 5.32 Å². The molecule has 0 bridgehead atoms. The molecule has 0 saturated carbocycles. The Morgan fingerprint density at radius 1 is 1.42 bits per heavy atom. The lowest BCUT2D eigenvalue weighted by Crippen LogP contribution is -2.31. The fourth-order valence-electron chi connectivity index (χ4n) is 1.88. The first-order chi connectivity index (χ1) is 9.19. The molecule has 19 heavy (non-hydrogen) atoms. The van der Waals surface area contributed by atoms with E-state index in [2.05, 4.69) is 23.3 Å². The molecule has 1 unspecified atom stereocenters. The SMILES string of the molecule is CCC(C)NC(=O)CCCc1nc2ccccc2s1. The molecule has 2 rings (SSSR count). The van der Waals surface area contributed by atoms with Gasteiger partial charge < -0.3 is 5.32 Å². The minimum absolute atomic E-state index is 0.149. The lowest BCUT2D eigenvalue weighted by Gasteiger charge is -2.10. The van der Waals surface area contributed by atoms with Gasteiger partial charge in [0, 0.05) is 12.5 Å². The Morgan fingerprint density at radius 2 is 2.21 bits per heavy atom. The molecular formula is C15H20N2OS. The van der Waals surface area contributed by atoms with Crippen molar-refractivity contribution in [1.29, 1.82) is 0 Å². The number of para-hydroxylation sites is 1. The zero-order valence-corrected chi connectivity index (χ0v) is 12.3. The van der Waals surface area contributed by atoms with Crippen LogP contribution in [-0.4, -0.2) is 16.9 Å². The van der Waals surface area contributed by atoms with Gasteiger partial charge in [0.05, 0.1) is 15.2 Å². The zero-order valence-electron chi connectivity index (χ0n) is 11.5. The van der Waals surface area contributed by atoms with Crippen molar-refractivity contribution in [1.82, 2.24) is 10.3 Å². The Hall–Kier alpha value is -1.42. The molecule has 1 atom stereocenters. The van der Waals surface area contributed by atoms with Gasteiger partial charge in [-0.2, -0.15) is 0 Å². The topological polar surface area (TPSA) is 42.0 Å². The van der Waals surface area contributed by atoms with Crippen molar-refractivity contribution >= 4 is 27.5 Å². The molecule has 2 aromatic rings. The van der Waals surface area contributed by atoms with Gasteiger partial charge in [0.1, 0.15) is 0 Å². The van der Waals surface area contributed by atoms with Crippen LogP contribution in [0.3, 0.4) is 0 Å². The third-order valence-electron chi connectivity index (χ3n) is 3.15. The summed E-state index contributed by atoms with van der Waals surface area (Å²) in [5, 5.41) is 4.11. The van der Waals surface area contributed by atoms with E-state index in [1.165, 1.54) is 4.70 Å². The number of hydrogen-bond donors (Lipinski definition) is 1. The molecule has 0 saturated heterocycles. The second kappa shape index (κ2) is 6.66. The van der Waals surface area contributed by atoms with Crippen molar-refractivity contribution in [2.24, 2.45) is 0 Å². The van der Waals surface area contributed by atoms with Gasteiger partial charge in [0.2, 0.25) is 5.91 Å². The Labute approximate surface area is 118 Å². The Bertz CT molecular complexity index is 517. The van der Waals surface area contributed by atoms with Crippen LogP contribution in [-0.2, 0) is 11.2 Å². The molecular weight excluding hydrogens is 256 g/mol. The average Bonchev–Trinajstić information content (AvgIpc) is 2.81. The number of carbonyl (C=O) groups excluding carboxylic acids is 1. The number of aromatic nitrogens is 1. The zero-order chi connectivity index (χ0) is 13.7. The quantitative estimate of drug-likeness (QED) is 0.877. The van der Waals surface area contributed by atoms with Gasteiger partial charge >= 0.3 is 0 Å². The summed E-state index contributed by atoms with van der Waals surface area (Å²) in [7, 11) is 0. The molecule has 1 amide bonds. The number of hydrogen-bond acceptors (Lipinski definition) is 3. The Balaban J connectivity index is 1.81. The number of nitrogens with zero attached hydrogens (tertiary/aromatic N) is 1. The summed E-state index contributed by atoms with van der Waals surface area (Å²) < 4.78 is 1.22. The van der Waals surface area contributed by atoms with E-state index in [0.29, 0.717) is 6.42 Å². The van der Waals surface area contributed by atoms with Crippen LogP contribution in [0.15, 0.2) is 24.3 Å². The number of aryl methyl sites for hydroxylation is 1. The Kier molecular flexibility index (Phi) is 4.91. The van der Waals surface area contributed by atoms with Crippen LogP contribution in [0.1, 0.15) is 38.1 Å². The van der Waals surface area contributed by atoms with Crippen molar-refractivity contribution in [2.75, 3.05) is 0 Å². The van der Waals surface area contributed by atoms with Crippen LogP contribution >= 0.6 is 11.3 Å². The van der Waals surface area contributed by atoms with Crippen molar-refractivity contribution in [3.05, 3.63) is 29.3 Å². The number of nitrogens with one attached hydrogen (secondary N) is 1. The highest BCUT2D eigenvalue weighted by atomic mass is 32.1. The van der Waals surface area contributed by atoms with Crippen LogP contribution in [0.5, 0.6) is 0 Å². The first-order valence-electron chi connectivity index (χ1n) is 6.83. The summed E-state index contributed by atoms with van der Waals surface area (Å²) in [5.41, 5.74) is 1.06. The van der Waals surface area contributed by atoms with E-state index in [1.807, 2.05) is 25.1 Å². The summed E-state index contributed by atoms with van der Waals surface area (Å²) in [4.78, 5) is 16.2. The van der Waals surface area contributed by atoms with Crippen molar-refractivity contribution in [3.8, 4) is 0 Å². The summed E-state index contributed by atoms with van der Waals surface area (Å²) in [6.45, 7) is 4.11. The highest BCUT2D eigenvalue weighted by Crippen LogP contribution is 2.22. The number of fused-ring (bicyclic) bond motifs is 1. The maximum atomic E-state index is 11.6. The molecule has 1 aromatic heterocycles. The van der Waals surface area contributed by atoms with Gasteiger partial charge in [0.15, 0.2) is 0 Å². The lowest BCUT2D eigenvalue weighted by atomic mass is 10.2. The molecule has 1 heterocycles. The molecule has 102 valence electrons. The van der Waals surface area contributed by atoms with E-state index in [1.54, 1.807) is 11.3 Å². The number of thiazole rings is 1. The lowest BCUT2D eigenvalue weighted by molar-refractivity contribution is -0.121. The normalized spacial score (nSPS) is 12.5. The summed E-state index contributed by atoms with van der Waals surface area (Å²) in [6, 6.07) is 8.43. The smallest absolute Gasteiger partial charge is 0.220 e. The molecule has 0 radical (unpaired) electrons. The predicted molar refractivity (Wildman–Crippen MR) is 80.5 cm³/mol. The van der Waals surface area contributed by atoms with Gasteiger partial charge in [0.25, 0.3) is 0 Å². The fraction of sp³-hybridized carbons (Fsp3) is 0.467. The molecule has 1 aromatic carbocycles. The van der Waals surface area contributed by atoms with E-state index < -0.39 is 0 Å². The van der Waals surface area contributed by atoms with Crippen LogP contribution in [0.2, 0.25) is 0 Å².